The Balaban J connectivity index is 0. The van der Waals surface area contributed by atoms with Crippen LogP contribution in [-0.4, -0.2) is 43.1 Å². The van der Waals surface area contributed by atoms with E-state index in [2.05, 4.69) is 12.2 Å². The number of hydrogen-bond acceptors (Lipinski definition) is 1. The van der Waals surface area contributed by atoms with Gasteiger partial charge in [-0.25, -0.2) is 0 Å². The van der Waals surface area contributed by atoms with E-state index in [1.54, 1.807) is 0 Å². The minimum absolute atomic E-state index is 0. The van der Waals surface area contributed by atoms with E-state index >= 15 is 0 Å². The summed E-state index contributed by atoms with van der Waals surface area (Å²) >= 11 is 0. The maximum atomic E-state index is 3.07. The maximum absolute atomic E-state index is 3.07. The molecule has 0 spiro atoms. The molecule has 0 heterocycles. The van der Waals surface area contributed by atoms with Crippen molar-refractivity contribution in [1.29, 1.82) is 0 Å². The summed E-state index contributed by atoms with van der Waals surface area (Å²) in [5.41, 5.74) is 0. The fourth-order valence-electron chi connectivity index (χ4n) is 0.354. The molecule has 0 aliphatic rings. The molecular weight excluding hydrogens is 97.1 g/mol. The van der Waals surface area contributed by atoms with E-state index in [-0.39, 0.29) is 29.6 Å². The molecule has 1 N–H and O–H groups in total. The Morgan fingerprint density at radius 1 is 1.43 bits per heavy atom. The van der Waals surface area contributed by atoms with E-state index in [1.165, 1.54) is 12.8 Å². The SMILES string of the molecule is CCCCNC.[Na]. The maximum Gasteiger partial charge on any atom is 0 e. The number of nitrogens with one attached hydrogen (secondary N) is 1. The first-order chi connectivity index (χ1) is 2.91. The van der Waals surface area contributed by atoms with E-state index in [1.807, 2.05) is 7.05 Å². The molecule has 1 nitrogen and oxygen atoms in total. The Labute approximate surface area is 68.2 Å². The van der Waals surface area contributed by atoms with Gasteiger partial charge >= 0.3 is 0 Å². The van der Waals surface area contributed by atoms with Crippen molar-refractivity contribution in [3.8, 4) is 0 Å². The second kappa shape index (κ2) is 10.0. The Morgan fingerprint density at radius 3 is 2.14 bits per heavy atom. The van der Waals surface area contributed by atoms with Gasteiger partial charge in [0.1, 0.15) is 0 Å². The predicted octanol–water partition coefficient (Wildman–Crippen LogP) is 0.625. The molecular formula is C5H13NNa. The summed E-state index contributed by atoms with van der Waals surface area (Å²) in [4.78, 5) is 0. The van der Waals surface area contributed by atoms with Crippen molar-refractivity contribution < 1.29 is 0 Å². The zero-order valence-corrected chi connectivity index (χ0v) is 7.62. The molecule has 0 aliphatic carbocycles. The van der Waals surface area contributed by atoms with Gasteiger partial charge in [-0.1, -0.05) is 13.3 Å². The first-order valence-corrected chi connectivity index (χ1v) is 2.56. The van der Waals surface area contributed by atoms with Gasteiger partial charge in [0.25, 0.3) is 0 Å². The molecule has 0 aliphatic heterocycles. The zero-order chi connectivity index (χ0) is 4.83. The predicted molar refractivity (Wildman–Crippen MR) is 34.6 cm³/mol. The van der Waals surface area contributed by atoms with Crippen LogP contribution >= 0.6 is 0 Å². The monoisotopic (exact) mass is 110 g/mol. The molecule has 0 saturated carbocycles. The summed E-state index contributed by atoms with van der Waals surface area (Å²) in [5, 5.41) is 3.07. The summed E-state index contributed by atoms with van der Waals surface area (Å²) in [6.45, 7) is 3.36. The Bertz CT molecular complexity index is 20.0. The summed E-state index contributed by atoms with van der Waals surface area (Å²) in [6, 6.07) is 0. The molecule has 0 atom stereocenters. The van der Waals surface area contributed by atoms with Crippen LogP contribution < -0.4 is 5.32 Å². The van der Waals surface area contributed by atoms with E-state index in [4.69, 9.17) is 0 Å². The second-order valence-corrected chi connectivity index (χ2v) is 1.46. The largest absolute Gasteiger partial charge is 0.320 e. The number of unbranched alkanes of at least 4 members (excludes halogenated alkanes) is 1. The van der Waals surface area contributed by atoms with Gasteiger partial charge in [0, 0.05) is 29.6 Å². The molecule has 0 amide bonds. The van der Waals surface area contributed by atoms with Crippen LogP contribution in [-0.2, 0) is 0 Å². The zero-order valence-electron chi connectivity index (χ0n) is 5.62. The molecule has 0 rings (SSSR count). The van der Waals surface area contributed by atoms with Crippen LogP contribution in [0.4, 0.5) is 0 Å². The van der Waals surface area contributed by atoms with Crippen LogP contribution in [0.3, 0.4) is 0 Å². The summed E-state index contributed by atoms with van der Waals surface area (Å²) < 4.78 is 0. The van der Waals surface area contributed by atoms with E-state index in [0.717, 1.165) is 6.54 Å². The van der Waals surface area contributed by atoms with Crippen molar-refractivity contribution in [3.63, 3.8) is 0 Å². The molecule has 0 bridgehead atoms. The fourth-order valence-corrected chi connectivity index (χ4v) is 0.354. The van der Waals surface area contributed by atoms with Crippen molar-refractivity contribution in [2.45, 2.75) is 19.8 Å². The summed E-state index contributed by atoms with van der Waals surface area (Å²) in [7, 11) is 1.98. The van der Waals surface area contributed by atoms with Crippen molar-refractivity contribution in [2.75, 3.05) is 13.6 Å². The standard InChI is InChI=1S/C5H13N.Na/c1-3-4-5-6-2;/h6H,3-5H2,1-2H3;. The fraction of sp³-hybridized carbons (Fsp3) is 1.00. The van der Waals surface area contributed by atoms with Gasteiger partial charge in [0.2, 0.25) is 0 Å². The van der Waals surface area contributed by atoms with Gasteiger partial charge in [-0.05, 0) is 20.0 Å². The van der Waals surface area contributed by atoms with Crippen molar-refractivity contribution >= 4 is 29.6 Å². The van der Waals surface area contributed by atoms with E-state index < -0.39 is 0 Å². The molecule has 0 unspecified atom stereocenters. The van der Waals surface area contributed by atoms with Gasteiger partial charge in [-0.3, -0.25) is 0 Å². The van der Waals surface area contributed by atoms with Crippen LogP contribution in [0.25, 0.3) is 0 Å². The molecule has 39 valence electrons. The molecule has 7 heavy (non-hydrogen) atoms. The molecule has 0 fully saturated rings. The van der Waals surface area contributed by atoms with E-state index in [0.29, 0.717) is 0 Å². The molecule has 2 heteroatoms. The summed E-state index contributed by atoms with van der Waals surface area (Å²) in [5.74, 6) is 0. The third-order valence-electron chi connectivity index (χ3n) is 0.780. The normalized spacial score (nSPS) is 7.71. The third-order valence-corrected chi connectivity index (χ3v) is 0.780. The molecule has 0 aromatic heterocycles. The topological polar surface area (TPSA) is 12.0 Å². The quantitative estimate of drug-likeness (QED) is 0.415. The average Bonchev–Trinajstić information content (AvgIpc) is 1.61. The van der Waals surface area contributed by atoms with Crippen LogP contribution in [0.5, 0.6) is 0 Å². The van der Waals surface area contributed by atoms with Crippen LogP contribution in [0.15, 0.2) is 0 Å². The number of hydrogen-bond donors (Lipinski definition) is 1. The van der Waals surface area contributed by atoms with Crippen LogP contribution in [0, 0.1) is 0 Å². The first-order valence-electron chi connectivity index (χ1n) is 2.56. The van der Waals surface area contributed by atoms with Gasteiger partial charge < -0.3 is 5.32 Å². The molecule has 1 radical (unpaired) electrons. The minimum Gasteiger partial charge on any atom is -0.320 e. The van der Waals surface area contributed by atoms with Crippen LogP contribution in [0.1, 0.15) is 19.8 Å². The van der Waals surface area contributed by atoms with Crippen molar-refractivity contribution in [2.24, 2.45) is 0 Å². The van der Waals surface area contributed by atoms with Crippen molar-refractivity contribution in [3.05, 3.63) is 0 Å². The second-order valence-electron chi connectivity index (χ2n) is 1.46. The van der Waals surface area contributed by atoms with Gasteiger partial charge in [0.15, 0.2) is 0 Å². The molecule has 0 aromatic rings. The number of rotatable bonds is 3. The third kappa shape index (κ3) is 10.9. The smallest absolute Gasteiger partial charge is 0 e. The van der Waals surface area contributed by atoms with Gasteiger partial charge in [0.05, 0.1) is 0 Å². The first kappa shape index (κ1) is 10.9. The Morgan fingerprint density at radius 2 is 2.00 bits per heavy atom. The van der Waals surface area contributed by atoms with E-state index in [9.17, 15) is 0 Å². The Hall–Kier alpha value is 0.960. The van der Waals surface area contributed by atoms with Gasteiger partial charge in [-0.15, -0.1) is 0 Å². The minimum atomic E-state index is 0. The summed E-state index contributed by atoms with van der Waals surface area (Å²) in [6.07, 6.45) is 2.59. The van der Waals surface area contributed by atoms with Crippen molar-refractivity contribution in [1.82, 2.24) is 5.32 Å². The van der Waals surface area contributed by atoms with Crippen LogP contribution in [0.2, 0.25) is 0 Å². The Kier molecular flexibility index (Phi) is 15.6. The van der Waals surface area contributed by atoms with Gasteiger partial charge in [-0.2, -0.15) is 0 Å². The molecule has 0 saturated heterocycles. The average molecular weight is 110 g/mol. The molecule has 0 aromatic carbocycles.